The summed E-state index contributed by atoms with van der Waals surface area (Å²) >= 11 is 6.44. The van der Waals surface area contributed by atoms with E-state index in [2.05, 4.69) is 0 Å². The predicted molar refractivity (Wildman–Crippen MR) is 113 cm³/mol. The lowest BCUT2D eigenvalue weighted by Crippen LogP contribution is -2.32. The minimum Gasteiger partial charge on any atom is -0.425 e. The van der Waals surface area contributed by atoms with Crippen molar-refractivity contribution in [3.63, 3.8) is 0 Å². The van der Waals surface area contributed by atoms with Gasteiger partial charge in [-0.2, -0.15) is 0 Å². The van der Waals surface area contributed by atoms with Crippen LogP contribution in [0.25, 0.3) is 16.6 Å². The molecule has 0 bridgehead atoms. The molecule has 0 radical (unpaired) electrons. The summed E-state index contributed by atoms with van der Waals surface area (Å²) in [5, 5.41) is 1.24. The molecular weight excluding hydrogens is 386 g/mol. The standard InChI is InChI=1S/C24H16ClNO3/c25-19-12-6-4-10-16(19)18-14-21(27)29-23-17-11-5-7-13-20(17)26(24(28)22(18)23)15-8-2-1-3-9-15/h1-13,18H,14H2. The number of carbonyl (C=O) groups excluding carboxylic acids is 1. The van der Waals surface area contributed by atoms with Gasteiger partial charge in [-0.1, -0.05) is 60.1 Å². The van der Waals surface area contributed by atoms with Crippen molar-refractivity contribution in [3.05, 3.63) is 105 Å². The first-order chi connectivity index (χ1) is 14.1. The SMILES string of the molecule is O=C1CC(c2ccccc2Cl)c2c(c3ccccc3n(-c3ccccc3)c2=O)O1. The number of ether oxygens (including phenoxy) is 1. The van der Waals surface area contributed by atoms with E-state index in [0.717, 1.165) is 16.6 Å². The monoisotopic (exact) mass is 401 g/mol. The topological polar surface area (TPSA) is 48.3 Å². The molecule has 1 atom stereocenters. The predicted octanol–water partition coefficient (Wildman–Crippen LogP) is 5.09. The molecule has 4 aromatic rings. The lowest BCUT2D eigenvalue weighted by molar-refractivity contribution is -0.135. The van der Waals surface area contributed by atoms with Gasteiger partial charge in [-0.15, -0.1) is 0 Å². The molecule has 1 unspecified atom stereocenters. The van der Waals surface area contributed by atoms with Crippen LogP contribution in [0.3, 0.4) is 0 Å². The van der Waals surface area contributed by atoms with E-state index in [1.54, 1.807) is 10.6 Å². The van der Waals surface area contributed by atoms with Gasteiger partial charge in [-0.25, -0.2) is 0 Å². The van der Waals surface area contributed by atoms with Crippen LogP contribution in [0.4, 0.5) is 0 Å². The number of nitrogens with zero attached hydrogens (tertiary/aromatic N) is 1. The molecule has 0 N–H and O–H groups in total. The van der Waals surface area contributed by atoms with E-state index in [1.165, 1.54) is 0 Å². The maximum absolute atomic E-state index is 13.8. The summed E-state index contributed by atoms with van der Waals surface area (Å²) in [6.45, 7) is 0. The maximum atomic E-state index is 13.8. The van der Waals surface area contributed by atoms with Crippen LogP contribution in [-0.2, 0) is 4.79 Å². The average molecular weight is 402 g/mol. The number of aromatic nitrogens is 1. The largest absolute Gasteiger partial charge is 0.425 e. The smallest absolute Gasteiger partial charge is 0.312 e. The van der Waals surface area contributed by atoms with E-state index in [0.29, 0.717) is 21.9 Å². The van der Waals surface area contributed by atoms with Crippen LogP contribution < -0.4 is 10.3 Å². The van der Waals surface area contributed by atoms with E-state index < -0.39 is 5.92 Å². The van der Waals surface area contributed by atoms with Crippen molar-refractivity contribution in [3.8, 4) is 11.4 Å². The van der Waals surface area contributed by atoms with E-state index in [4.69, 9.17) is 16.3 Å². The molecular formula is C24H16ClNO3. The molecule has 0 amide bonds. The molecule has 5 heteroatoms. The van der Waals surface area contributed by atoms with Crippen LogP contribution >= 0.6 is 11.6 Å². The molecule has 5 rings (SSSR count). The van der Waals surface area contributed by atoms with Crippen LogP contribution in [0.2, 0.25) is 5.02 Å². The van der Waals surface area contributed by atoms with Crippen molar-refractivity contribution in [1.29, 1.82) is 0 Å². The number of esters is 1. The van der Waals surface area contributed by atoms with Crippen LogP contribution in [0.1, 0.15) is 23.5 Å². The summed E-state index contributed by atoms with van der Waals surface area (Å²) in [5.41, 5.74) is 2.45. The molecule has 1 aromatic heterocycles. The molecule has 1 aliphatic rings. The highest BCUT2D eigenvalue weighted by atomic mass is 35.5. The Bertz CT molecular complexity index is 1310. The quantitative estimate of drug-likeness (QED) is 0.440. The summed E-state index contributed by atoms with van der Waals surface area (Å²) in [6, 6.07) is 24.2. The van der Waals surface area contributed by atoms with Crippen molar-refractivity contribution in [2.75, 3.05) is 0 Å². The number of hydrogen-bond donors (Lipinski definition) is 0. The number of fused-ring (bicyclic) bond motifs is 3. The summed E-state index contributed by atoms with van der Waals surface area (Å²) in [6.07, 6.45) is 0.0686. The second-order valence-corrected chi connectivity index (χ2v) is 7.40. The van der Waals surface area contributed by atoms with Gasteiger partial charge >= 0.3 is 5.97 Å². The molecule has 0 fully saturated rings. The molecule has 2 heterocycles. The molecule has 142 valence electrons. The molecule has 0 saturated heterocycles. The number of carbonyl (C=O) groups is 1. The van der Waals surface area contributed by atoms with Crippen molar-refractivity contribution < 1.29 is 9.53 Å². The molecule has 29 heavy (non-hydrogen) atoms. The normalized spacial score (nSPS) is 15.8. The minimum atomic E-state index is -0.466. The Morgan fingerprint density at radius 2 is 1.55 bits per heavy atom. The first-order valence-electron chi connectivity index (χ1n) is 9.33. The highest BCUT2D eigenvalue weighted by Crippen LogP contribution is 2.42. The zero-order valence-electron chi connectivity index (χ0n) is 15.3. The first kappa shape index (κ1) is 17.7. The highest BCUT2D eigenvalue weighted by molar-refractivity contribution is 6.31. The average Bonchev–Trinajstić information content (AvgIpc) is 2.74. The summed E-state index contributed by atoms with van der Waals surface area (Å²) in [7, 11) is 0. The summed E-state index contributed by atoms with van der Waals surface area (Å²) in [4.78, 5) is 26.2. The van der Waals surface area contributed by atoms with Crippen molar-refractivity contribution in [2.45, 2.75) is 12.3 Å². The Labute approximate surface area is 171 Å². The third-order valence-electron chi connectivity index (χ3n) is 5.30. The van der Waals surface area contributed by atoms with Gasteiger partial charge < -0.3 is 4.74 Å². The number of pyridine rings is 1. The minimum absolute atomic E-state index is 0.0686. The Kier molecular flexibility index (Phi) is 4.22. The lowest BCUT2D eigenvalue weighted by atomic mass is 9.86. The van der Waals surface area contributed by atoms with E-state index in [9.17, 15) is 9.59 Å². The third kappa shape index (κ3) is 2.84. The van der Waals surface area contributed by atoms with Gasteiger partial charge in [0.15, 0.2) is 0 Å². The molecule has 0 saturated carbocycles. The molecule has 0 spiro atoms. The Morgan fingerprint density at radius 1 is 0.862 bits per heavy atom. The van der Waals surface area contributed by atoms with Crippen molar-refractivity contribution >= 4 is 28.5 Å². The number of halogens is 1. The summed E-state index contributed by atoms with van der Waals surface area (Å²) < 4.78 is 7.29. The van der Waals surface area contributed by atoms with Gasteiger partial charge in [0.25, 0.3) is 5.56 Å². The van der Waals surface area contributed by atoms with Crippen LogP contribution in [0.5, 0.6) is 5.75 Å². The van der Waals surface area contributed by atoms with E-state index >= 15 is 0 Å². The second kappa shape index (κ2) is 6.90. The van der Waals surface area contributed by atoms with Crippen LogP contribution in [0, 0.1) is 0 Å². The third-order valence-corrected chi connectivity index (χ3v) is 5.64. The fourth-order valence-electron chi connectivity index (χ4n) is 4.03. The zero-order valence-corrected chi connectivity index (χ0v) is 16.1. The van der Waals surface area contributed by atoms with Gasteiger partial charge in [0.05, 0.1) is 17.5 Å². The highest BCUT2D eigenvalue weighted by Gasteiger charge is 2.35. The molecule has 0 aliphatic carbocycles. The van der Waals surface area contributed by atoms with Gasteiger partial charge in [0.1, 0.15) is 5.75 Å². The molecule has 4 nitrogen and oxygen atoms in total. The fraction of sp³-hybridized carbons (Fsp3) is 0.0833. The van der Waals surface area contributed by atoms with Crippen molar-refractivity contribution in [2.24, 2.45) is 0 Å². The molecule has 3 aromatic carbocycles. The van der Waals surface area contributed by atoms with Gasteiger partial charge in [0.2, 0.25) is 0 Å². The van der Waals surface area contributed by atoms with Gasteiger partial charge in [-0.05, 0) is 35.9 Å². The fourth-order valence-corrected chi connectivity index (χ4v) is 4.30. The van der Waals surface area contributed by atoms with Crippen molar-refractivity contribution in [1.82, 2.24) is 4.57 Å². The summed E-state index contributed by atoms with van der Waals surface area (Å²) in [5.74, 6) is -0.504. The van der Waals surface area contributed by atoms with Crippen LogP contribution in [0.15, 0.2) is 83.7 Å². The first-order valence-corrected chi connectivity index (χ1v) is 9.71. The number of benzene rings is 3. The number of para-hydroxylation sites is 2. The number of hydrogen-bond acceptors (Lipinski definition) is 3. The lowest BCUT2D eigenvalue weighted by Gasteiger charge is -2.27. The maximum Gasteiger partial charge on any atom is 0.312 e. The van der Waals surface area contributed by atoms with Gasteiger partial charge in [0, 0.05) is 22.0 Å². The second-order valence-electron chi connectivity index (χ2n) is 6.99. The molecule has 1 aliphatic heterocycles. The zero-order chi connectivity index (χ0) is 20.0. The Morgan fingerprint density at radius 3 is 2.34 bits per heavy atom. The van der Waals surface area contributed by atoms with Crippen LogP contribution in [-0.4, -0.2) is 10.5 Å². The Balaban J connectivity index is 1.90. The van der Waals surface area contributed by atoms with Gasteiger partial charge in [-0.3, -0.25) is 14.2 Å². The van der Waals surface area contributed by atoms with E-state index in [-0.39, 0.29) is 17.9 Å². The number of rotatable bonds is 2. The Hall–Kier alpha value is -3.37. The van der Waals surface area contributed by atoms with E-state index in [1.807, 2.05) is 72.8 Å².